The Kier molecular flexibility index (Phi) is 3.80. The fourth-order valence-corrected chi connectivity index (χ4v) is 3.75. The molecule has 2 aliphatic rings. The van der Waals surface area contributed by atoms with Crippen LogP contribution in [-0.4, -0.2) is 25.9 Å². The van der Waals surface area contributed by atoms with Crippen molar-refractivity contribution >= 4 is 28.9 Å². The van der Waals surface area contributed by atoms with Crippen molar-refractivity contribution in [2.24, 2.45) is 0 Å². The maximum Gasteiger partial charge on any atom is 0.251 e. The molecular formula is C21H21N3O2. The Morgan fingerprint density at radius 1 is 1.12 bits per heavy atom. The van der Waals surface area contributed by atoms with Crippen LogP contribution in [0.4, 0.5) is 17.1 Å². The number of carbonyl (C=O) groups excluding carboxylic acids is 2. The molecule has 5 heteroatoms. The number of amides is 2. The van der Waals surface area contributed by atoms with E-state index in [-0.39, 0.29) is 11.8 Å². The molecule has 2 N–H and O–H groups in total. The van der Waals surface area contributed by atoms with Crippen LogP contribution in [0.15, 0.2) is 60.2 Å². The van der Waals surface area contributed by atoms with Gasteiger partial charge in [-0.05, 0) is 48.7 Å². The van der Waals surface area contributed by atoms with Gasteiger partial charge in [-0.25, -0.2) is 0 Å². The van der Waals surface area contributed by atoms with E-state index in [9.17, 15) is 9.59 Å². The number of benzene rings is 2. The van der Waals surface area contributed by atoms with Gasteiger partial charge in [-0.3, -0.25) is 9.59 Å². The van der Waals surface area contributed by atoms with Crippen molar-refractivity contribution in [3.63, 3.8) is 0 Å². The van der Waals surface area contributed by atoms with Crippen LogP contribution in [0.2, 0.25) is 0 Å². The number of hydrogen-bond acceptors (Lipinski definition) is 3. The van der Waals surface area contributed by atoms with Crippen molar-refractivity contribution in [3.05, 3.63) is 65.7 Å². The van der Waals surface area contributed by atoms with E-state index < -0.39 is 5.41 Å². The third-order valence-electron chi connectivity index (χ3n) is 5.25. The van der Waals surface area contributed by atoms with Gasteiger partial charge in [0.15, 0.2) is 0 Å². The van der Waals surface area contributed by atoms with Crippen LogP contribution in [0.25, 0.3) is 0 Å². The van der Waals surface area contributed by atoms with E-state index >= 15 is 0 Å². The van der Waals surface area contributed by atoms with E-state index in [1.807, 2.05) is 73.6 Å². The zero-order chi connectivity index (χ0) is 18.3. The number of allylic oxidation sites excluding steroid dienone is 1. The molecule has 1 heterocycles. The lowest BCUT2D eigenvalue weighted by Gasteiger charge is -2.21. The Morgan fingerprint density at radius 2 is 1.85 bits per heavy atom. The van der Waals surface area contributed by atoms with Crippen molar-refractivity contribution in [2.75, 3.05) is 29.6 Å². The van der Waals surface area contributed by atoms with E-state index in [0.717, 1.165) is 22.6 Å². The van der Waals surface area contributed by atoms with Gasteiger partial charge < -0.3 is 15.5 Å². The summed E-state index contributed by atoms with van der Waals surface area (Å²) in [5, 5.41) is 5.89. The van der Waals surface area contributed by atoms with Crippen molar-refractivity contribution in [1.29, 1.82) is 0 Å². The molecule has 0 radical (unpaired) electrons. The fraction of sp³-hybridized carbons (Fsp3) is 0.238. The normalized spacial score (nSPS) is 20.5. The van der Waals surface area contributed by atoms with Crippen molar-refractivity contribution < 1.29 is 9.59 Å². The quantitative estimate of drug-likeness (QED) is 0.895. The number of nitrogens with one attached hydrogen (secondary N) is 2. The molecule has 2 amide bonds. The van der Waals surface area contributed by atoms with Crippen LogP contribution in [0.5, 0.6) is 0 Å². The highest BCUT2D eigenvalue weighted by Crippen LogP contribution is 2.48. The Morgan fingerprint density at radius 3 is 2.58 bits per heavy atom. The van der Waals surface area contributed by atoms with Gasteiger partial charge in [0.05, 0.1) is 5.41 Å². The molecule has 0 aromatic heterocycles. The Bertz CT molecular complexity index is 915. The molecule has 1 aliphatic heterocycles. The molecule has 0 saturated heterocycles. The van der Waals surface area contributed by atoms with Crippen LogP contribution in [-0.2, 0) is 15.0 Å². The molecule has 4 rings (SSSR count). The molecule has 0 fully saturated rings. The van der Waals surface area contributed by atoms with Crippen molar-refractivity contribution in [3.8, 4) is 0 Å². The van der Waals surface area contributed by atoms with Gasteiger partial charge in [0.1, 0.15) is 0 Å². The smallest absolute Gasteiger partial charge is 0.251 e. The lowest BCUT2D eigenvalue weighted by atomic mass is 9.78. The summed E-state index contributed by atoms with van der Waals surface area (Å²) in [4.78, 5) is 27.3. The molecule has 132 valence electrons. The van der Waals surface area contributed by atoms with Gasteiger partial charge >= 0.3 is 0 Å². The highest BCUT2D eigenvalue weighted by molar-refractivity contribution is 6.10. The first-order valence-electron chi connectivity index (χ1n) is 8.68. The lowest BCUT2D eigenvalue weighted by Crippen LogP contribution is -2.32. The number of fused-ring (bicyclic) bond motifs is 2. The summed E-state index contributed by atoms with van der Waals surface area (Å²) in [6, 6.07) is 15.4. The second kappa shape index (κ2) is 6.02. The van der Waals surface area contributed by atoms with E-state index in [2.05, 4.69) is 10.6 Å². The Balaban J connectivity index is 1.50. The predicted octanol–water partition coefficient (Wildman–Crippen LogP) is 3.30. The first-order chi connectivity index (χ1) is 12.5. The number of hydrogen-bond donors (Lipinski definition) is 2. The molecule has 26 heavy (non-hydrogen) atoms. The molecule has 5 nitrogen and oxygen atoms in total. The molecule has 1 atom stereocenters. The van der Waals surface area contributed by atoms with E-state index in [1.165, 1.54) is 0 Å². The van der Waals surface area contributed by atoms with Crippen molar-refractivity contribution in [2.45, 2.75) is 18.3 Å². The first kappa shape index (κ1) is 16.4. The van der Waals surface area contributed by atoms with Gasteiger partial charge in [0.2, 0.25) is 5.91 Å². The second-order valence-electron chi connectivity index (χ2n) is 7.09. The van der Waals surface area contributed by atoms with Crippen LogP contribution < -0.4 is 15.5 Å². The maximum absolute atomic E-state index is 12.7. The van der Waals surface area contributed by atoms with Gasteiger partial charge in [-0.1, -0.05) is 24.3 Å². The van der Waals surface area contributed by atoms with Gasteiger partial charge in [-0.2, -0.15) is 0 Å². The summed E-state index contributed by atoms with van der Waals surface area (Å²) in [5.74, 6) is -0.162. The Hall–Kier alpha value is -3.08. The van der Waals surface area contributed by atoms with Crippen LogP contribution in [0, 0.1) is 0 Å². The molecule has 0 saturated carbocycles. The topological polar surface area (TPSA) is 61.4 Å². The number of rotatable bonds is 3. The summed E-state index contributed by atoms with van der Waals surface area (Å²) in [6.45, 7) is 0. The zero-order valence-corrected chi connectivity index (χ0v) is 14.9. The minimum atomic E-state index is -0.641. The molecule has 1 aliphatic carbocycles. The zero-order valence-electron chi connectivity index (χ0n) is 14.9. The van der Waals surface area contributed by atoms with E-state index in [4.69, 9.17) is 0 Å². The second-order valence-corrected chi connectivity index (χ2v) is 7.09. The number of nitrogens with zero attached hydrogens (tertiary/aromatic N) is 1. The molecule has 0 bridgehead atoms. The lowest BCUT2D eigenvalue weighted by molar-refractivity contribution is -0.120. The largest absolute Gasteiger partial charge is 0.378 e. The van der Waals surface area contributed by atoms with Gasteiger partial charge in [-0.15, -0.1) is 0 Å². The summed E-state index contributed by atoms with van der Waals surface area (Å²) in [5.41, 5.74) is 3.68. The molecule has 0 unspecified atom stereocenters. The third kappa shape index (κ3) is 2.56. The first-order valence-corrected chi connectivity index (χ1v) is 8.68. The van der Waals surface area contributed by atoms with Crippen LogP contribution in [0.3, 0.4) is 0 Å². The number of carbonyl (C=O) groups is 2. The minimum Gasteiger partial charge on any atom is -0.378 e. The monoisotopic (exact) mass is 347 g/mol. The average molecular weight is 347 g/mol. The SMILES string of the molecule is CN(C)c1ccc(NC(=O)C2=CC[C@@]3(C2)C(=O)Nc2ccccc23)cc1. The summed E-state index contributed by atoms with van der Waals surface area (Å²) in [7, 11) is 3.95. The maximum atomic E-state index is 12.7. The Labute approximate surface area is 152 Å². The van der Waals surface area contributed by atoms with Gasteiger partial charge in [0, 0.05) is 36.7 Å². The predicted molar refractivity (Wildman–Crippen MR) is 103 cm³/mol. The molecule has 1 spiro atoms. The third-order valence-corrected chi connectivity index (χ3v) is 5.25. The van der Waals surface area contributed by atoms with E-state index in [0.29, 0.717) is 18.4 Å². The number of anilines is 3. The molecule has 2 aromatic rings. The van der Waals surface area contributed by atoms with E-state index in [1.54, 1.807) is 0 Å². The minimum absolute atomic E-state index is 0.0203. The van der Waals surface area contributed by atoms with Crippen LogP contribution >= 0.6 is 0 Å². The summed E-state index contributed by atoms with van der Waals surface area (Å²) >= 11 is 0. The fourth-order valence-electron chi connectivity index (χ4n) is 3.75. The number of para-hydroxylation sites is 1. The van der Waals surface area contributed by atoms with Gasteiger partial charge in [0.25, 0.3) is 5.91 Å². The van der Waals surface area contributed by atoms with Crippen molar-refractivity contribution in [1.82, 2.24) is 0 Å². The molecular weight excluding hydrogens is 326 g/mol. The molecule has 2 aromatic carbocycles. The summed E-state index contributed by atoms with van der Waals surface area (Å²) in [6.07, 6.45) is 2.88. The highest BCUT2D eigenvalue weighted by Gasteiger charge is 2.49. The standard InChI is InChI=1S/C21H21N3O2/c1-24(2)16-9-7-15(8-10-16)22-19(25)14-11-12-21(13-14)17-5-3-4-6-18(17)23-20(21)26/h3-11H,12-13H2,1-2H3,(H,22,25)(H,23,26)/t21-/m0/s1. The summed E-state index contributed by atoms with van der Waals surface area (Å²) < 4.78 is 0. The average Bonchev–Trinajstić information content (AvgIpc) is 3.19. The van der Waals surface area contributed by atoms with Crippen LogP contribution in [0.1, 0.15) is 18.4 Å². The highest BCUT2D eigenvalue weighted by atomic mass is 16.2.